The second-order valence-corrected chi connectivity index (χ2v) is 7.37. The maximum absolute atomic E-state index is 13.6. The van der Waals surface area contributed by atoms with Crippen molar-refractivity contribution in [3.8, 4) is 11.9 Å². The molecule has 154 valence electrons. The average molecular weight is 417 g/mol. The van der Waals surface area contributed by atoms with Crippen molar-refractivity contribution >= 4 is 17.4 Å². The van der Waals surface area contributed by atoms with Crippen LogP contribution in [0.1, 0.15) is 43.0 Å². The van der Waals surface area contributed by atoms with Crippen molar-refractivity contribution in [2.75, 3.05) is 5.32 Å². The van der Waals surface area contributed by atoms with Gasteiger partial charge < -0.3 is 10.1 Å². The van der Waals surface area contributed by atoms with Gasteiger partial charge in [0.1, 0.15) is 11.6 Å². The van der Waals surface area contributed by atoms with Crippen LogP contribution in [0.25, 0.3) is 5.65 Å². The lowest BCUT2D eigenvalue weighted by Gasteiger charge is -2.19. The van der Waals surface area contributed by atoms with Crippen molar-refractivity contribution in [2.24, 2.45) is 0 Å². The Morgan fingerprint density at radius 3 is 2.87 bits per heavy atom. The number of hydrogen-bond donors (Lipinski definition) is 1. The molecule has 4 rings (SSSR count). The molecule has 3 aromatic heterocycles. The number of nitrogens with one attached hydrogen (secondary N) is 1. The van der Waals surface area contributed by atoms with Crippen molar-refractivity contribution in [1.29, 1.82) is 5.26 Å². The van der Waals surface area contributed by atoms with E-state index in [-0.39, 0.29) is 11.4 Å². The maximum atomic E-state index is 13.6. The van der Waals surface area contributed by atoms with Gasteiger partial charge in [0.2, 0.25) is 11.9 Å². The molecule has 12 heteroatoms. The summed E-state index contributed by atoms with van der Waals surface area (Å²) in [5.74, 6) is -2.52. The van der Waals surface area contributed by atoms with E-state index in [1.807, 2.05) is 13.8 Å². The molecule has 1 aliphatic rings. The van der Waals surface area contributed by atoms with Gasteiger partial charge >= 0.3 is 6.61 Å². The zero-order chi connectivity index (χ0) is 21.6. The smallest absolute Gasteiger partial charge is 0.388 e. The summed E-state index contributed by atoms with van der Waals surface area (Å²) in [7, 11) is 0. The van der Waals surface area contributed by atoms with Gasteiger partial charge in [-0.3, -0.25) is 4.79 Å². The van der Waals surface area contributed by atoms with Gasteiger partial charge in [0, 0.05) is 29.3 Å². The summed E-state index contributed by atoms with van der Waals surface area (Å²) < 4.78 is 43.9. The third-order valence-corrected chi connectivity index (χ3v) is 4.86. The predicted octanol–water partition coefficient (Wildman–Crippen LogP) is 2.54. The number of anilines is 1. The Labute approximate surface area is 167 Å². The number of nitriles is 1. The molecule has 0 aliphatic heterocycles. The average Bonchev–Trinajstić information content (AvgIpc) is 3.18. The van der Waals surface area contributed by atoms with E-state index in [1.54, 1.807) is 6.07 Å². The van der Waals surface area contributed by atoms with E-state index < -0.39 is 35.7 Å². The first kappa shape index (κ1) is 19.6. The normalized spacial score (nSPS) is 17.0. The number of hydrogen-bond acceptors (Lipinski definition) is 7. The largest absolute Gasteiger partial charge is 0.414 e. The third-order valence-electron chi connectivity index (χ3n) is 4.86. The van der Waals surface area contributed by atoms with Crippen LogP contribution in [0.5, 0.6) is 5.88 Å². The van der Waals surface area contributed by atoms with Crippen molar-refractivity contribution in [3.63, 3.8) is 0 Å². The van der Waals surface area contributed by atoms with Crippen molar-refractivity contribution < 1.29 is 22.7 Å². The fraction of sp³-hybridized carbons (Fsp3) is 0.333. The first-order chi connectivity index (χ1) is 14.2. The molecule has 9 nitrogen and oxygen atoms in total. The number of alkyl halides is 2. The summed E-state index contributed by atoms with van der Waals surface area (Å²) >= 11 is 0. The molecule has 0 aromatic carbocycles. The van der Waals surface area contributed by atoms with E-state index in [0.29, 0.717) is 23.3 Å². The fourth-order valence-corrected chi connectivity index (χ4v) is 3.71. The molecule has 0 saturated carbocycles. The SMILES string of the molecule is CC1(C)CC(C(=O)Nc2cc(C#N)c(OC(F)F)nn2)c2cnc3cc(F)nn3c21. The van der Waals surface area contributed by atoms with Gasteiger partial charge in [-0.05, 0) is 6.42 Å². The summed E-state index contributed by atoms with van der Waals surface area (Å²) in [4.78, 5) is 17.1. The number of amides is 1. The van der Waals surface area contributed by atoms with Crippen LogP contribution in [0, 0.1) is 17.3 Å². The monoisotopic (exact) mass is 417 g/mol. The number of carbonyl (C=O) groups excluding carboxylic acids is 1. The van der Waals surface area contributed by atoms with Crippen LogP contribution in [0.4, 0.5) is 19.0 Å². The molecule has 30 heavy (non-hydrogen) atoms. The van der Waals surface area contributed by atoms with Crippen LogP contribution in [0.2, 0.25) is 0 Å². The molecular formula is C18H14F3N7O2. The van der Waals surface area contributed by atoms with Gasteiger partial charge in [0.25, 0.3) is 5.88 Å². The Bertz CT molecular complexity index is 1200. The molecule has 0 bridgehead atoms. The highest BCUT2D eigenvalue weighted by molar-refractivity contribution is 5.96. The Kier molecular flexibility index (Phi) is 4.53. The number of ether oxygens (including phenoxy) is 1. The second-order valence-electron chi connectivity index (χ2n) is 7.37. The van der Waals surface area contributed by atoms with Gasteiger partial charge in [0.15, 0.2) is 11.5 Å². The van der Waals surface area contributed by atoms with E-state index in [4.69, 9.17) is 5.26 Å². The molecule has 1 unspecified atom stereocenters. The van der Waals surface area contributed by atoms with Gasteiger partial charge in [0.05, 0.1) is 11.6 Å². The van der Waals surface area contributed by atoms with Crippen molar-refractivity contribution in [1.82, 2.24) is 24.8 Å². The van der Waals surface area contributed by atoms with Crippen molar-refractivity contribution in [3.05, 3.63) is 41.1 Å². The highest BCUT2D eigenvalue weighted by Crippen LogP contribution is 2.45. The number of halogens is 3. The van der Waals surface area contributed by atoms with Gasteiger partial charge in [-0.1, -0.05) is 13.8 Å². The van der Waals surface area contributed by atoms with Crippen LogP contribution < -0.4 is 10.1 Å². The highest BCUT2D eigenvalue weighted by atomic mass is 19.3. The zero-order valence-electron chi connectivity index (χ0n) is 15.7. The maximum Gasteiger partial charge on any atom is 0.388 e. The van der Waals surface area contributed by atoms with E-state index in [0.717, 1.165) is 6.07 Å². The lowest BCUT2D eigenvalue weighted by atomic mass is 9.88. The highest BCUT2D eigenvalue weighted by Gasteiger charge is 2.43. The third kappa shape index (κ3) is 3.28. The Balaban J connectivity index is 1.65. The molecule has 0 fully saturated rings. The van der Waals surface area contributed by atoms with Crippen LogP contribution in [-0.2, 0) is 10.2 Å². The molecule has 0 radical (unpaired) electrons. The molecule has 1 N–H and O–H groups in total. The Morgan fingerprint density at radius 1 is 1.40 bits per heavy atom. The molecule has 0 saturated heterocycles. The van der Waals surface area contributed by atoms with Crippen molar-refractivity contribution in [2.45, 2.75) is 38.2 Å². The predicted molar refractivity (Wildman–Crippen MR) is 95.3 cm³/mol. The van der Waals surface area contributed by atoms with Crippen LogP contribution in [-0.4, -0.2) is 37.3 Å². The Hall–Kier alpha value is -3.75. The standard InChI is InChI=1S/C18H14F3N7O2/c1-18(2)5-9(10-7-23-13-4-11(19)27-28(13)14(10)18)15(29)24-12-3-8(6-22)16(26-25-12)30-17(20)21/h3-4,7,9,17H,5H2,1-2H3,(H,24,25,29). The summed E-state index contributed by atoms with van der Waals surface area (Å²) in [6.07, 6.45) is 1.90. The number of rotatable bonds is 4. The first-order valence-corrected chi connectivity index (χ1v) is 8.78. The van der Waals surface area contributed by atoms with Crippen LogP contribution in [0.3, 0.4) is 0 Å². The molecule has 1 amide bonds. The summed E-state index contributed by atoms with van der Waals surface area (Å²) in [6, 6.07) is 3.96. The van der Waals surface area contributed by atoms with Crippen LogP contribution in [0.15, 0.2) is 18.3 Å². The number of nitrogens with zero attached hydrogens (tertiary/aromatic N) is 6. The van der Waals surface area contributed by atoms with Gasteiger partial charge in [-0.2, -0.15) is 18.4 Å². The van der Waals surface area contributed by atoms with Gasteiger partial charge in [-0.15, -0.1) is 15.3 Å². The van der Waals surface area contributed by atoms with E-state index in [1.165, 1.54) is 16.8 Å². The molecule has 1 aliphatic carbocycles. The molecule has 1 atom stereocenters. The number of carbonyl (C=O) groups is 1. The lowest BCUT2D eigenvalue weighted by molar-refractivity contribution is -0.117. The fourth-order valence-electron chi connectivity index (χ4n) is 3.71. The van der Waals surface area contributed by atoms with Gasteiger partial charge in [-0.25, -0.2) is 9.50 Å². The van der Waals surface area contributed by atoms with Crippen LogP contribution >= 0.6 is 0 Å². The molecule has 3 heterocycles. The zero-order valence-corrected chi connectivity index (χ0v) is 15.7. The Morgan fingerprint density at radius 2 is 2.17 bits per heavy atom. The second kappa shape index (κ2) is 6.94. The van der Waals surface area contributed by atoms with E-state index in [9.17, 15) is 18.0 Å². The molecular weight excluding hydrogens is 403 g/mol. The first-order valence-electron chi connectivity index (χ1n) is 8.78. The number of fused-ring (bicyclic) bond motifs is 3. The minimum absolute atomic E-state index is 0.0939. The van der Waals surface area contributed by atoms with E-state index >= 15 is 0 Å². The minimum atomic E-state index is -3.17. The summed E-state index contributed by atoms with van der Waals surface area (Å²) in [5.41, 5.74) is 0.776. The lowest BCUT2D eigenvalue weighted by Crippen LogP contribution is -2.22. The molecule has 3 aromatic rings. The molecule has 0 spiro atoms. The quantitative estimate of drug-likeness (QED) is 0.693. The number of aromatic nitrogens is 5. The van der Waals surface area contributed by atoms with E-state index in [2.05, 4.69) is 30.3 Å². The summed E-state index contributed by atoms with van der Waals surface area (Å²) in [6.45, 7) is 0.644. The summed E-state index contributed by atoms with van der Waals surface area (Å²) in [5, 5.41) is 22.5. The minimum Gasteiger partial charge on any atom is -0.414 e. The topological polar surface area (TPSA) is 118 Å².